The number of amides is 1. The van der Waals surface area contributed by atoms with E-state index >= 15 is 0 Å². The van der Waals surface area contributed by atoms with Crippen LogP contribution in [-0.4, -0.2) is 71.8 Å². The van der Waals surface area contributed by atoms with E-state index in [0.29, 0.717) is 54.2 Å². The summed E-state index contributed by atoms with van der Waals surface area (Å²) in [4.78, 5) is 17.2. The van der Waals surface area contributed by atoms with E-state index in [1.54, 1.807) is 54.1 Å². The van der Waals surface area contributed by atoms with E-state index in [1.165, 1.54) is 11.4 Å². The quantitative estimate of drug-likeness (QED) is 0.456. The Labute approximate surface area is 195 Å². The summed E-state index contributed by atoms with van der Waals surface area (Å²) >= 11 is 0. The number of hydrogen-bond donors (Lipinski definition) is 1. The smallest absolute Gasteiger partial charge is 0.258 e. The van der Waals surface area contributed by atoms with Crippen LogP contribution in [0.4, 0.5) is 5.95 Å². The first-order valence-electron chi connectivity index (χ1n) is 10.5. The molecule has 1 aliphatic rings. The van der Waals surface area contributed by atoms with E-state index < -0.39 is 15.9 Å². The van der Waals surface area contributed by atoms with Gasteiger partial charge in [-0.15, -0.1) is 10.2 Å². The molecule has 0 aliphatic carbocycles. The van der Waals surface area contributed by atoms with Gasteiger partial charge in [-0.25, -0.2) is 8.42 Å². The van der Waals surface area contributed by atoms with Gasteiger partial charge in [-0.1, -0.05) is 6.07 Å². The van der Waals surface area contributed by atoms with E-state index in [0.717, 1.165) is 5.52 Å². The number of aryl methyl sites for hydroxylation is 1. The first kappa shape index (κ1) is 22.2. The number of methoxy groups -OCH3 is 1. The van der Waals surface area contributed by atoms with Gasteiger partial charge in [-0.2, -0.15) is 9.29 Å². The fourth-order valence-corrected chi connectivity index (χ4v) is 5.36. The molecule has 1 fully saturated rings. The van der Waals surface area contributed by atoms with Crippen molar-refractivity contribution in [2.45, 2.75) is 4.90 Å². The molecule has 2 aromatic carbocycles. The van der Waals surface area contributed by atoms with Gasteiger partial charge in [0.1, 0.15) is 11.3 Å². The second-order valence-electron chi connectivity index (χ2n) is 7.75. The fourth-order valence-electron chi connectivity index (χ4n) is 3.92. The lowest BCUT2D eigenvalue weighted by Crippen LogP contribution is -2.40. The number of anilines is 1. The molecular formula is C22H22N6O5S. The summed E-state index contributed by atoms with van der Waals surface area (Å²) in [5.74, 6) is 0.184. The molecule has 11 nitrogen and oxygen atoms in total. The second-order valence-corrected chi connectivity index (χ2v) is 9.69. The average Bonchev–Trinajstić information content (AvgIpc) is 3.15. The number of fused-ring (bicyclic) bond motifs is 3. The molecule has 2 aromatic heterocycles. The first-order valence-corrected chi connectivity index (χ1v) is 12.0. The Hall–Kier alpha value is -3.61. The fraction of sp³-hybridized carbons (Fsp3) is 0.273. The summed E-state index contributed by atoms with van der Waals surface area (Å²) in [5.41, 5.74) is 2.04. The minimum absolute atomic E-state index is 0.0346. The third kappa shape index (κ3) is 3.85. The van der Waals surface area contributed by atoms with Crippen LogP contribution in [-0.2, 0) is 21.8 Å². The lowest BCUT2D eigenvalue weighted by Gasteiger charge is -2.26. The molecule has 34 heavy (non-hydrogen) atoms. The predicted octanol–water partition coefficient (Wildman–Crippen LogP) is 1.80. The van der Waals surface area contributed by atoms with Crippen LogP contribution in [0.3, 0.4) is 0 Å². The maximum absolute atomic E-state index is 13.1. The van der Waals surface area contributed by atoms with Crippen LogP contribution in [0.1, 0.15) is 10.4 Å². The van der Waals surface area contributed by atoms with Crippen LogP contribution < -0.4 is 10.1 Å². The molecule has 0 spiro atoms. The summed E-state index contributed by atoms with van der Waals surface area (Å²) in [6.45, 7) is 1.37. The number of rotatable bonds is 5. The topological polar surface area (TPSA) is 129 Å². The number of morpholine rings is 1. The van der Waals surface area contributed by atoms with Crippen molar-refractivity contribution in [1.29, 1.82) is 0 Å². The van der Waals surface area contributed by atoms with Crippen LogP contribution in [0.5, 0.6) is 5.75 Å². The highest BCUT2D eigenvalue weighted by atomic mass is 32.2. The number of ether oxygens (including phenoxy) is 2. The van der Waals surface area contributed by atoms with Gasteiger partial charge < -0.3 is 14.0 Å². The van der Waals surface area contributed by atoms with Gasteiger partial charge in [0.2, 0.25) is 10.0 Å². The lowest BCUT2D eigenvalue weighted by molar-refractivity contribution is 0.0730. The molecule has 176 valence electrons. The summed E-state index contributed by atoms with van der Waals surface area (Å²) < 4.78 is 39.8. The molecule has 0 bridgehead atoms. The molecule has 1 amide bonds. The molecule has 0 atom stereocenters. The van der Waals surface area contributed by atoms with Crippen molar-refractivity contribution in [3.8, 4) is 5.75 Å². The second kappa shape index (κ2) is 8.63. The van der Waals surface area contributed by atoms with E-state index in [4.69, 9.17) is 9.47 Å². The Morgan fingerprint density at radius 2 is 1.91 bits per heavy atom. The molecule has 1 N–H and O–H groups in total. The van der Waals surface area contributed by atoms with Crippen molar-refractivity contribution in [3.63, 3.8) is 0 Å². The number of carbonyl (C=O) groups is 1. The van der Waals surface area contributed by atoms with E-state index in [1.807, 2.05) is 0 Å². The number of nitrogens with one attached hydrogen (secondary N) is 1. The number of sulfonamides is 1. The number of aromatic nitrogens is 4. The monoisotopic (exact) mass is 482 g/mol. The standard InChI is InChI=1S/C22H22N6O5S/c1-27-18-7-6-16(34(30,31)28-8-10-33-11-9-28)13-17(18)19-20(27)23-22(26-25-19)24-21(29)14-4-3-5-15(12-14)32-2/h3-7,12-13H,8-11H2,1-2H3,(H,23,24,26,29). The highest BCUT2D eigenvalue weighted by molar-refractivity contribution is 7.89. The minimum Gasteiger partial charge on any atom is -0.497 e. The van der Waals surface area contributed by atoms with Gasteiger partial charge in [0.05, 0.1) is 30.7 Å². The minimum atomic E-state index is -3.67. The van der Waals surface area contributed by atoms with Gasteiger partial charge in [0.15, 0.2) is 5.65 Å². The predicted molar refractivity (Wildman–Crippen MR) is 124 cm³/mol. The van der Waals surface area contributed by atoms with Crippen molar-refractivity contribution < 1.29 is 22.7 Å². The Kier molecular flexibility index (Phi) is 5.63. The van der Waals surface area contributed by atoms with Gasteiger partial charge in [0, 0.05) is 31.1 Å². The Balaban J connectivity index is 1.50. The van der Waals surface area contributed by atoms with Gasteiger partial charge >= 0.3 is 0 Å². The Morgan fingerprint density at radius 1 is 1.12 bits per heavy atom. The summed E-state index contributed by atoms with van der Waals surface area (Å²) in [6, 6.07) is 11.6. The molecule has 4 aromatic rings. The molecule has 12 heteroatoms. The Morgan fingerprint density at radius 3 is 2.68 bits per heavy atom. The van der Waals surface area contributed by atoms with Gasteiger partial charge in [-0.05, 0) is 36.4 Å². The van der Waals surface area contributed by atoms with Crippen LogP contribution >= 0.6 is 0 Å². The zero-order chi connectivity index (χ0) is 23.9. The molecule has 0 radical (unpaired) electrons. The number of carbonyl (C=O) groups excluding carboxylic acids is 1. The maximum Gasteiger partial charge on any atom is 0.258 e. The molecular weight excluding hydrogens is 460 g/mol. The number of benzene rings is 2. The lowest BCUT2D eigenvalue weighted by atomic mass is 10.2. The Bertz CT molecular complexity index is 1510. The van der Waals surface area contributed by atoms with Gasteiger partial charge in [-0.3, -0.25) is 10.1 Å². The SMILES string of the molecule is COc1cccc(C(=O)Nc2nnc3c4cc(S(=O)(=O)N5CCOCC5)ccc4n(C)c3n2)c1. The summed E-state index contributed by atoms with van der Waals surface area (Å²) in [5, 5.41) is 11.5. The third-order valence-corrected chi connectivity index (χ3v) is 7.63. The van der Waals surface area contributed by atoms with Crippen molar-refractivity contribution >= 4 is 43.9 Å². The molecule has 1 aliphatic heterocycles. The van der Waals surface area contributed by atoms with Crippen molar-refractivity contribution in [2.24, 2.45) is 7.05 Å². The third-order valence-electron chi connectivity index (χ3n) is 5.74. The molecule has 3 heterocycles. The number of nitrogens with zero attached hydrogens (tertiary/aromatic N) is 5. The maximum atomic E-state index is 13.1. The van der Waals surface area contributed by atoms with Crippen LogP contribution in [0.25, 0.3) is 22.1 Å². The summed E-state index contributed by atoms with van der Waals surface area (Å²) in [7, 11) is -0.347. The van der Waals surface area contributed by atoms with Crippen LogP contribution in [0.2, 0.25) is 0 Å². The van der Waals surface area contributed by atoms with E-state index in [2.05, 4.69) is 20.5 Å². The van der Waals surface area contributed by atoms with Crippen molar-refractivity contribution in [3.05, 3.63) is 48.0 Å². The zero-order valence-corrected chi connectivity index (χ0v) is 19.4. The molecule has 1 saturated heterocycles. The highest BCUT2D eigenvalue weighted by Crippen LogP contribution is 2.29. The van der Waals surface area contributed by atoms with Crippen molar-refractivity contribution in [1.82, 2.24) is 24.1 Å². The van der Waals surface area contributed by atoms with Crippen LogP contribution in [0, 0.1) is 0 Å². The van der Waals surface area contributed by atoms with Gasteiger partial charge in [0.25, 0.3) is 11.9 Å². The van der Waals surface area contributed by atoms with Crippen LogP contribution in [0.15, 0.2) is 47.4 Å². The van der Waals surface area contributed by atoms with E-state index in [-0.39, 0.29) is 10.8 Å². The summed E-state index contributed by atoms with van der Waals surface area (Å²) in [6.07, 6.45) is 0. The number of hydrogen-bond acceptors (Lipinski definition) is 8. The normalized spacial score (nSPS) is 15.0. The van der Waals surface area contributed by atoms with Crippen molar-refractivity contribution in [2.75, 3.05) is 38.7 Å². The highest BCUT2D eigenvalue weighted by Gasteiger charge is 2.27. The molecule has 0 unspecified atom stereocenters. The van der Waals surface area contributed by atoms with E-state index in [9.17, 15) is 13.2 Å². The molecule has 0 saturated carbocycles. The zero-order valence-electron chi connectivity index (χ0n) is 18.6. The molecule has 5 rings (SSSR count). The average molecular weight is 483 g/mol. The largest absolute Gasteiger partial charge is 0.497 e. The first-order chi connectivity index (χ1) is 16.4.